The van der Waals surface area contributed by atoms with E-state index in [2.05, 4.69) is 13.0 Å². The van der Waals surface area contributed by atoms with Gasteiger partial charge in [-0.3, -0.25) is 0 Å². The van der Waals surface area contributed by atoms with Gasteiger partial charge in [0.2, 0.25) is 0 Å². The minimum atomic E-state index is -0.0638. The van der Waals surface area contributed by atoms with Crippen LogP contribution in [-0.2, 0) is 0 Å². The van der Waals surface area contributed by atoms with Crippen molar-refractivity contribution in [3.63, 3.8) is 0 Å². The predicted molar refractivity (Wildman–Crippen MR) is 63.4 cm³/mol. The van der Waals surface area contributed by atoms with E-state index < -0.39 is 0 Å². The molecule has 0 saturated carbocycles. The number of hydrogen-bond donors (Lipinski definition) is 0. The molecule has 0 bridgehead atoms. The Bertz CT molecular complexity index is 187. The van der Waals surface area contributed by atoms with Crippen LogP contribution in [0.15, 0.2) is 22.8 Å². The lowest BCUT2D eigenvalue weighted by Crippen LogP contribution is -2.09. The average Bonchev–Trinajstić information content (AvgIpc) is 2.57. The van der Waals surface area contributed by atoms with E-state index in [0.29, 0.717) is 0 Å². The minimum Gasteiger partial charge on any atom is -0.502 e. The molecule has 0 aliphatic rings. The Morgan fingerprint density at radius 3 is 2.77 bits per heavy atom. The zero-order valence-electron chi connectivity index (χ0n) is 8.29. The fourth-order valence-corrected chi connectivity index (χ4v) is 2.83. The highest BCUT2D eigenvalue weighted by Gasteiger charge is 2.00. The van der Waals surface area contributed by atoms with Crippen LogP contribution in [0.4, 0.5) is 0 Å². The van der Waals surface area contributed by atoms with E-state index in [-0.39, 0.29) is 37.3 Å². The zero-order valence-corrected chi connectivity index (χ0v) is 11.4. The second kappa shape index (κ2) is 9.10. The van der Waals surface area contributed by atoms with E-state index in [4.69, 9.17) is 4.42 Å². The summed E-state index contributed by atoms with van der Waals surface area (Å²) in [6.45, 7) is 2.25. The fourth-order valence-electron chi connectivity index (χ4n) is 1.36. The molecule has 0 aromatic carbocycles. The van der Waals surface area contributed by atoms with Gasteiger partial charge in [0.05, 0.1) is 6.26 Å². The van der Waals surface area contributed by atoms with Gasteiger partial charge in [0.25, 0.3) is 0 Å². The summed E-state index contributed by atoms with van der Waals surface area (Å²) < 4.78 is 7.98. The van der Waals surface area contributed by atoms with Crippen molar-refractivity contribution >= 4 is 41.2 Å². The lowest BCUT2D eigenvalue weighted by atomic mass is 10.2. The Labute approximate surface area is 101 Å². The molecule has 3 heteroatoms. The van der Waals surface area contributed by atoms with Gasteiger partial charge in [0.1, 0.15) is 0 Å². The molecule has 13 heavy (non-hydrogen) atoms. The summed E-state index contributed by atoms with van der Waals surface area (Å²) in [5, 5.41) is 0. The van der Waals surface area contributed by atoms with Gasteiger partial charge >= 0.3 is 20.4 Å². The van der Waals surface area contributed by atoms with Crippen molar-refractivity contribution in [2.24, 2.45) is 0 Å². The first-order chi connectivity index (χ1) is 5.93. The van der Waals surface area contributed by atoms with E-state index in [1.165, 1.54) is 34.1 Å². The fraction of sp³-hybridized carbons (Fsp3) is 0.600. The number of furan rings is 1. The largest absolute Gasteiger partial charge is 0.502 e. The molecular formula is C10H17BrMgO. The molecule has 0 aliphatic carbocycles. The van der Waals surface area contributed by atoms with Gasteiger partial charge < -0.3 is 4.42 Å². The van der Waals surface area contributed by atoms with Crippen LogP contribution in [0.1, 0.15) is 32.6 Å². The van der Waals surface area contributed by atoms with Crippen LogP contribution in [0, 0.1) is 0 Å². The molecule has 1 aromatic heterocycles. The highest BCUT2D eigenvalue weighted by Crippen LogP contribution is 2.01. The molecule has 0 unspecified atom stereocenters. The first-order valence-corrected chi connectivity index (χ1v) is 6.66. The second-order valence-corrected chi connectivity index (χ2v) is 5.15. The van der Waals surface area contributed by atoms with E-state index in [1.807, 2.05) is 6.07 Å². The molecule has 0 atom stereocenters. The maximum absolute atomic E-state index is 5.30. The number of rotatable bonds is 6. The van der Waals surface area contributed by atoms with Crippen LogP contribution < -0.4 is 3.89 Å². The van der Waals surface area contributed by atoms with Gasteiger partial charge in [-0.05, 0) is 9.96 Å². The maximum atomic E-state index is 5.30. The van der Waals surface area contributed by atoms with Crippen LogP contribution >= 0.6 is 17.0 Å². The predicted octanol–water partition coefficient (Wildman–Crippen LogP) is 3.19. The second-order valence-electron chi connectivity index (χ2n) is 3.24. The first-order valence-electron chi connectivity index (χ1n) is 4.96. The molecule has 0 amide bonds. The van der Waals surface area contributed by atoms with Crippen LogP contribution in [0.2, 0.25) is 4.55 Å². The summed E-state index contributed by atoms with van der Waals surface area (Å²) in [4.78, 5) is 0. The standard InChI is InChI=1S/C6H13.C4H3O.BrH.Mg/c1-3-5-6-4-2;1-2-4-5-3-1;;/h1,3-6H2,2H3;1-3H;1H;. The lowest BCUT2D eigenvalue weighted by Gasteiger charge is -1.95. The first kappa shape index (κ1) is 13.5. The van der Waals surface area contributed by atoms with E-state index in [9.17, 15) is 0 Å². The van der Waals surface area contributed by atoms with Gasteiger partial charge in [-0.2, -0.15) is 0 Å². The average molecular weight is 257 g/mol. The van der Waals surface area contributed by atoms with Gasteiger partial charge in [-0.25, -0.2) is 0 Å². The van der Waals surface area contributed by atoms with Crippen molar-refractivity contribution in [2.45, 2.75) is 37.2 Å². The highest BCUT2D eigenvalue weighted by atomic mass is 79.9. The van der Waals surface area contributed by atoms with E-state index in [1.54, 1.807) is 6.26 Å². The summed E-state index contributed by atoms with van der Waals surface area (Å²) in [5.41, 5.74) is 0. The molecule has 1 heterocycles. The maximum Gasteiger partial charge on any atom is 0.467 e. The zero-order chi connectivity index (χ0) is 8.65. The summed E-state index contributed by atoms with van der Waals surface area (Å²) in [7, 11) is 0. The van der Waals surface area contributed by atoms with Crippen LogP contribution in [0.3, 0.4) is 0 Å². The third-order valence-electron chi connectivity index (χ3n) is 2.11. The molecule has 0 aliphatic heterocycles. The molecule has 0 N–H and O–H groups in total. The van der Waals surface area contributed by atoms with Crippen molar-refractivity contribution < 1.29 is 4.42 Å². The Kier molecular flexibility index (Phi) is 9.46. The van der Waals surface area contributed by atoms with E-state index >= 15 is 0 Å². The third-order valence-corrected chi connectivity index (χ3v) is 3.86. The van der Waals surface area contributed by atoms with Gasteiger partial charge in [-0.1, -0.05) is 38.7 Å². The quantitative estimate of drug-likeness (QED) is 0.563. The van der Waals surface area contributed by atoms with Gasteiger partial charge in [0, 0.05) is 0 Å². The smallest absolute Gasteiger partial charge is 0.467 e. The molecule has 1 nitrogen and oxygen atoms in total. The molecule has 1 rings (SSSR count). The molecule has 72 valence electrons. The Hall–Kier alpha value is 0.526. The Morgan fingerprint density at radius 1 is 1.31 bits per heavy atom. The SMILES string of the molecule is Br.CCCCC[CH2][Mg][c]1ccco1. The molecular weight excluding hydrogens is 240 g/mol. The van der Waals surface area contributed by atoms with Crippen molar-refractivity contribution in [1.82, 2.24) is 0 Å². The number of halogens is 1. The molecule has 0 fully saturated rings. The number of hydrogen-bond acceptors (Lipinski definition) is 1. The van der Waals surface area contributed by atoms with Crippen molar-refractivity contribution in [1.29, 1.82) is 0 Å². The third kappa shape index (κ3) is 6.58. The summed E-state index contributed by atoms with van der Waals surface area (Å²) in [5.74, 6) is 0. The Balaban J connectivity index is 0.00000144. The summed E-state index contributed by atoms with van der Waals surface area (Å²) >= 11 is -0.0638. The lowest BCUT2D eigenvalue weighted by molar-refractivity contribution is 0.599. The van der Waals surface area contributed by atoms with Crippen LogP contribution in [0.5, 0.6) is 0 Å². The monoisotopic (exact) mass is 256 g/mol. The normalized spacial score (nSPS) is 9.00. The van der Waals surface area contributed by atoms with Crippen molar-refractivity contribution in [3.8, 4) is 0 Å². The van der Waals surface area contributed by atoms with Gasteiger partial charge in [-0.15, -0.1) is 21.5 Å². The Morgan fingerprint density at radius 2 is 2.15 bits per heavy atom. The molecule has 1 aromatic rings. The summed E-state index contributed by atoms with van der Waals surface area (Å²) in [6.07, 6.45) is 7.33. The minimum absolute atomic E-state index is 0. The van der Waals surface area contributed by atoms with Gasteiger partial charge in [0.15, 0.2) is 0 Å². The van der Waals surface area contributed by atoms with E-state index in [0.717, 1.165) is 0 Å². The van der Waals surface area contributed by atoms with Crippen LogP contribution in [0.25, 0.3) is 0 Å². The number of unbranched alkanes of at least 4 members (excludes halogenated alkanes) is 3. The van der Waals surface area contributed by atoms with Crippen LogP contribution in [-0.4, -0.2) is 20.4 Å². The summed E-state index contributed by atoms with van der Waals surface area (Å²) in [6, 6.07) is 4.11. The molecule has 0 saturated heterocycles. The van der Waals surface area contributed by atoms with Crippen molar-refractivity contribution in [3.05, 3.63) is 18.4 Å². The topological polar surface area (TPSA) is 13.1 Å². The van der Waals surface area contributed by atoms with Crippen molar-refractivity contribution in [2.75, 3.05) is 0 Å². The molecule has 0 radical (unpaired) electrons. The molecule has 0 spiro atoms. The highest BCUT2D eigenvalue weighted by molar-refractivity contribution is 8.93.